The summed E-state index contributed by atoms with van der Waals surface area (Å²) in [4.78, 5) is 22.4. The van der Waals surface area contributed by atoms with Gasteiger partial charge in [0.2, 0.25) is 0 Å². The molecule has 0 amide bonds. The highest BCUT2D eigenvalue weighted by Crippen LogP contribution is 2.35. The second kappa shape index (κ2) is 14.0. The molecule has 0 spiro atoms. The molecule has 0 atom stereocenters. The zero-order valence-electron chi connectivity index (χ0n) is 25.7. The standard InChI is InChI=1S/C34H43N5O4/c1-5-43-34(40)30-22-29(24-9-11-26(12-10-24)38(4)27-13-17-41-18-14-27)31(32(35)23(2)3)33(37-30)36-25-7-6-8-28(21-25)39-15-19-42-20-16-39/h6-12,21-23,27,35H,5,13-20H2,1-4H3,(H,36,37). The van der Waals surface area contributed by atoms with Crippen molar-refractivity contribution < 1.29 is 19.0 Å². The Labute approximate surface area is 254 Å². The summed E-state index contributed by atoms with van der Waals surface area (Å²) in [6, 6.07) is 18.7. The zero-order chi connectivity index (χ0) is 30.3. The Morgan fingerprint density at radius 2 is 1.77 bits per heavy atom. The molecule has 0 aliphatic carbocycles. The number of hydrogen-bond donors (Lipinski definition) is 2. The van der Waals surface area contributed by atoms with Crippen molar-refractivity contribution >= 4 is 34.6 Å². The molecule has 0 saturated carbocycles. The first-order valence-corrected chi connectivity index (χ1v) is 15.3. The summed E-state index contributed by atoms with van der Waals surface area (Å²) in [6.45, 7) is 10.6. The molecule has 2 aromatic carbocycles. The topological polar surface area (TPSA) is 100 Å². The summed E-state index contributed by atoms with van der Waals surface area (Å²) in [7, 11) is 2.13. The number of carbonyl (C=O) groups excluding carboxylic acids is 1. The molecule has 0 bridgehead atoms. The average Bonchev–Trinajstić information content (AvgIpc) is 3.05. The van der Waals surface area contributed by atoms with Gasteiger partial charge < -0.3 is 34.7 Å². The maximum absolute atomic E-state index is 13.0. The summed E-state index contributed by atoms with van der Waals surface area (Å²) < 4.78 is 16.5. The number of rotatable bonds is 10. The number of anilines is 4. The van der Waals surface area contributed by atoms with E-state index in [9.17, 15) is 4.79 Å². The minimum absolute atomic E-state index is 0.0619. The second-order valence-corrected chi connectivity index (χ2v) is 11.3. The third kappa shape index (κ3) is 7.17. The van der Waals surface area contributed by atoms with Gasteiger partial charge in [0.05, 0.1) is 19.8 Å². The Morgan fingerprint density at radius 3 is 2.44 bits per heavy atom. The molecule has 0 radical (unpaired) electrons. The van der Waals surface area contributed by atoms with E-state index in [1.54, 1.807) is 13.0 Å². The number of pyridine rings is 1. The number of nitrogens with zero attached hydrogens (tertiary/aromatic N) is 3. The Morgan fingerprint density at radius 1 is 1.07 bits per heavy atom. The van der Waals surface area contributed by atoms with Gasteiger partial charge in [-0.25, -0.2) is 9.78 Å². The van der Waals surface area contributed by atoms with Crippen molar-refractivity contribution in [1.29, 1.82) is 5.41 Å². The first kappa shape index (κ1) is 30.5. The van der Waals surface area contributed by atoms with Crippen molar-refractivity contribution in [3.8, 4) is 11.1 Å². The van der Waals surface area contributed by atoms with E-state index >= 15 is 0 Å². The lowest BCUT2D eigenvalue weighted by Crippen LogP contribution is -2.36. The van der Waals surface area contributed by atoms with Crippen molar-refractivity contribution in [2.24, 2.45) is 5.92 Å². The number of nitrogens with one attached hydrogen (secondary N) is 2. The molecule has 0 unspecified atom stereocenters. The van der Waals surface area contributed by atoms with Crippen LogP contribution < -0.4 is 15.1 Å². The van der Waals surface area contributed by atoms with Crippen molar-refractivity contribution in [3.05, 3.63) is 65.9 Å². The quantitative estimate of drug-likeness (QED) is 0.216. The van der Waals surface area contributed by atoms with Crippen LogP contribution in [0.1, 0.15) is 49.7 Å². The molecule has 228 valence electrons. The summed E-state index contributed by atoms with van der Waals surface area (Å²) in [5.74, 6) is -0.0951. The van der Waals surface area contributed by atoms with Crippen molar-refractivity contribution in [2.75, 3.05) is 68.3 Å². The van der Waals surface area contributed by atoms with E-state index in [1.807, 2.05) is 26.0 Å². The van der Waals surface area contributed by atoms with Crippen LogP contribution in [0.25, 0.3) is 11.1 Å². The number of morpholine rings is 1. The van der Waals surface area contributed by atoms with E-state index in [0.717, 1.165) is 67.3 Å². The van der Waals surface area contributed by atoms with Crippen LogP contribution in [-0.2, 0) is 14.2 Å². The molecule has 9 heteroatoms. The lowest BCUT2D eigenvalue weighted by atomic mass is 9.91. The van der Waals surface area contributed by atoms with Gasteiger partial charge in [-0.05, 0) is 73.2 Å². The third-order valence-electron chi connectivity index (χ3n) is 8.16. The van der Waals surface area contributed by atoms with E-state index in [-0.39, 0.29) is 18.2 Å². The van der Waals surface area contributed by atoms with Crippen molar-refractivity contribution in [2.45, 2.75) is 39.7 Å². The number of benzene rings is 2. The Kier molecular flexibility index (Phi) is 9.94. The number of aromatic nitrogens is 1. The lowest BCUT2D eigenvalue weighted by Gasteiger charge is -2.33. The van der Waals surface area contributed by atoms with Crippen molar-refractivity contribution in [3.63, 3.8) is 0 Å². The maximum atomic E-state index is 13.0. The molecule has 3 heterocycles. The van der Waals surface area contributed by atoms with Crippen molar-refractivity contribution in [1.82, 2.24) is 4.98 Å². The highest BCUT2D eigenvalue weighted by molar-refractivity contribution is 6.10. The van der Waals surface area contributed by atoms with E-state index in [4.69, 9.17) is 24.6 Å². The molecule has 2 saturated heterocycles. The van der Waals surface area contributed by atoms with E-state index in [1.165, 1.54) is 0 Å². The summed E-state index contributed by atoms with van der Waals surface area (Å²) in [5.41, 5.74) is 6.01. The molecule has 9 nitrogen and oxygen atoms in total. The minimum atomic E-state index is -0.493. The highest BCUT2D eigenvalue weighted by atomic mass is 16.5. The van der Waals surface area contributed by atoms with E-state index in [2.05, 4.69) is 58.6 Å². The normalized spacial score (nSPS) is 15.8. The lowest BCUT2D eigenvalue weighted by molar-refractivity contribution is 0.0519. The van der Waals surface area contributed by atoms with Crippen LogP contribution in [0.3, 0.4) is 0 Å². The Hall–Kier alpha value is -3.95. The SMILES string of the molecule is CCOC(=O)c1cc(-c2ccc(N(C)C3CCOCC3)cc2)c(C(=N)C(C)C)c(Nc2cccc(N3CCOCC3)c2)n1. The molecule has 2 N–H and O–H groups in total. The number of esters is 1. The van der Waals surface area contributed by atoms with Gasteiger partial charge >= 0.3 is 5.97 Å². The average molecular weight is 586 g/mol. The van der Waals surface area contributed by atoms with Gasteiger partial charge in [-0.1, -0.05) is 32.0 Å². The molecule has 3 aromatic rings. The van der Waals surface area contributed by atoms with Crippen LogP contribution >= 0.6 is 0 Å². The minimum Gasteiger partial charge on any atom is -0.461 e. The largest absolute Gasteiger partial charge is 0.461 e. The van der Waals surface area contributed by atoms with E-state index in [0.29, 0.717) is 36.3 Å². The molecule has 2 aliphatic rings. The monoisotopic (exact) mass is 585 g/mol. The molecular formula is C34H43N5O4. The number of hydrogen-bond acceptors (Lipinski definition) is 9. The zero-order valence-corrected chi connectivity index (χ0v) is 25.7. The van der Waals surface area contributed by atoms with Crippen LogP contribution in [0.2, 0.25) is 0 Å². The summed E-state index contributed by atoms with van der Waals surface area (Å²) in [5, 5.41) is 12.6. The molecule has 2 fully saturated rings. The summed E-state index contributed by atoms with van der Waals surface area (Å²) in [6.07, 6.45) is 2.01. The fraction of sp³-hybridized carbons (Fsp3) is 0.441. The van der Waals surface area contributed by atoms with Gasteiger partial charge in [0.15, 0.2) is 5.69 Å². The van der Waals surface area contributed by atoms with E-state index < -0.39 is 5.97 Å². The smallest absolute Gasteiger partial charge is 0.357 e. The van der Waals surface area contributed by atoms with Crippen LogP contribution in [0.5, 0.6) is 0 Å². The van der Waals surface area contributed by atoms with Gasteiger partial charge in [-0.2, -0.15) is 0 Å². The maximum Gasteiger partial charge on any atom is 0.357 e. The number of ether oxygens (including phenoxy) is 3. The molecule has 2 aliphatic heterocycles. The fourth-order valence-corrected chi connectivity index (χ4v) is 5.63. The fourth-order valence-electron chi connectivity index (χ4n) is 5.63. The van der Waals surface area contributed by atoms with Crippen LogP contribution in [0, 0.1) is 11.3 Å². The van der Waals surface area contributed by atoms with Gasteiger partial charge in [0.1, 0.15) is 5.82 Å². The predicted octanol–water partition coefficient (Wildman–Crippen LogP) is 6.14. The summed E-state index contributed by atoms with van der Waals surface area (Å²) >= 11 is 0. The Balaban J connectivity index is 1.56. The molecule has 43 heavy (non-hydrogen) atoms. The molecule has 1 aromatic heterocycles. The third-order valence-corrected chi connectivity index (χ3v) is 8.16. The van der Waals surface area contributed by atoms with Gasteiger partial charge in [0, 0.05) is 67.7 Å². The Bertz CT molecular complexity index is 1410. The van der Waals surface area contributed by atoms with Gasteiger partial charge in [0.25, 0.3) is 0 Å². The molecular weight excluding hydrogens is 542 g/mol. The van der Waals surface area contributed by atoms with Crippen LogP contribution in [0.15, 0.2) is 54.6 Å². The first-order chi connectivity index (χ1) is 20.9. The van der Waals surface area contributed by atoms with Crippen LogP contribution in [-0.4, -0.2) is 75.9 Å². The number of carbonyl (C=O) groups is 1. The van der Waals surface area contributed by atoms with Gasteiger partial charge in [-0.3, -0.25) is 0 Å². The first-order valence-electron chi connectivity index (χ1n) is 15.3. The highest BCUT2D eigenvalue weighted by Gasteiger charge is 2.24. The second-order valence-electron chi connectivity index (χ2n) is 11.3. The molecule has 5 rings (SSSR count). The van der Waals surface area contributed by atoms with Crippen LogP contribution in [0.4, 0.5) is 22.9 Å². The van der Waals surface area contributed by atoms with Gasteiger partial charge in [-0.15, -0.1) is 0 Å². The predicted molar refractivity (Wildman–Crippen MR) is 172 cm³/mol.